The number of aliphatic imine (C=N–C) groups is 1. The van der Waals surface area contributed by atoms with Crippen LogP contribution in [0.1, 0.15) is 18.0 Å². The molecule has 122 valence electrons. The van der Waals surface area contributed by atoms with E-state index in [0.29, 0.717) is 5.17 Å². The Labute approximate surface area is 146 Å². The Bertz CT molecular complexity index is 764. The second-order valence-corrected chi connectivity index (χ2v) is 6.20. The van der Waals surface area contributed by atoms with Crippen molar-refractivity contribution >= 4 is 34.0 Å². The molecule has 1 heterocycles. The number of rotatable bonds is 2. The number of nitrogens with zero attached hydrogens (tertiary/aromatic N) is 2. The smallest absolute Gasteiger partial charge is 0.183 e. The first kappa shape index (κ1) is 16.2. The molecular weight excluding hydrogens is 318 g/mol. The lowest BCUT2D eigenvalue weighted by Gasteiger charge is -2.18. The van der Waals surface area contributed by atoms with Gasteiger partial charge in [-0.2, -0.15) is 5.26 Å². The fourth-order valence-corrected chi connectivity index (χ4v) is 3.04. The van der Waals surface area contributed by atoms with Gasteiger partial charge >= 0.3 is 0 Å². The van der Waals surface area contributed by atoms with E-state index < -0.39 is 0 Å². The Kier molecular flexibility index (Phi) is 5.24. The summed E-state index contributed by atoms with van der Waals surface area (Å²) < 4.78 is 0. The van der Waals surface area contributed by atoms with E-state index in [4.69, 9.17) is 5.26 Å². The predicted molar refractivity (Wildman–Crippen MR) is 102 cm³/mol. The third-order valence-electron chi connectivity index (χ3n) is 3.89. The first-order valence-corrected chi connectivity index (χ1v) is 9.00. The molecule has 6 heteroatoms. The molecule has 0 aromatic heterocycles. The van der Waals surface area contributed by atoms with Crippen LogP contribution in [0, 0.1) is 11.5 Å². The van der Waals surface area contributed by atoms with Crippen LogP contribution in [0.25, 0.3) is 0 Å². The molecular formula is C18H19N5S. The van der Waals surface area contributed by atoms with Gasteiger partial charge in [-0.15, -0.1) is 0 Å². The van der Waals surface area contributed by atoms with Gasteiger partial charge in [0.1, 0.15) is 0 Å². The Morgan fingerprint density at radius 1 is 1.21 bits per heavy atom. The molecule has 5 nitrogen and oxygen atoms in total. The molecule has 0 spiro atoms. The Balaban J connectivity index is 1.77. The minimum absolute atomic E-state index is 0.261. The van der Waals surface area contributed by atoms with E-state index >= 15 is 0 Å². The van der Waals surface area contributed by atoms with Crippen LogP contribution in [0.3, 0.4) is 0 Å². The van der Waals surface area contributed by atoms with Crippen LogP contribution in [-0.2, 0) is 0 Å². The lowest BCUT2D eigenvalue weighted by atomic mass is 10.0. The summed E-state index contributed by atoms with van der Waals surface area (Å²) in [6.07, 6.45) is 4.79. The van der Waals surface area contributed by atoms with Crippen LogP contribution in [0.15, 0.2) is 53.5 Å². The van der Waals surface area contributed by atoms with E-state index in [2.05, 4.69) is 45.2 Å². The Morgan fingerprint density at radius 3 is 2.67 bits per heavy atom. The second kappa shape index (κ2) is 7.75. The number of thioether (sulfide) groups is 1. The van der Waals surface area contributed by atoms with Crippen LogP contribution < -0.4 is 16.0 Å². The van der Waals surface area contributed by atoms with Crippen LogP contribution in [-0.4, -0.2) is 18.0 Å². The van der Waals surface area contributed by atoms with E-state index in [1.807, 2.05) is 36.7 Å². The van der Waals surface area contributed by atoms with Gasteiger partial charge in [0.25, 0.3) is 0 Å². The van der Waals surface area contributed by atoms with Gasteiger partial charge in [-0.3, -0.25) is 5.32 Å². The highest BCUT2D eigenvalue weighted by atomic mass is 32.2. The second-order valence-electron chi connectivity index (χ2n) is 5.41. The number of hydrogen-bond acceptors (Lipinski definition) is 5. The zero-order valence-corrected chi connectivity index (χ0v) is 14.2. The molecule has 0 aliphatic carbocycles. The summed E-state index contributed by atoms with van der Waals surface area (Å²) in [5.41, 5.74) is 4.34. The van der Waals surface area contributed by atoms with Crippen LogP contribution in [0.2, 0.25) is 0 Å². The molecule has 1 atom stereocenters. The molecule has 0 saturated carbocycles. The molecule has 1 unspecified atom stereocenters. The number of benzene rings is 2. The molecule has 3 rings (SSSR count). The number of anilines is 2. The highest BCUT2D eigenvalue weighted by Crippen LogP contribution is 2.31. The van der Waals surface area contributed by atoms with Gasteiger partial charge in [-0.25, -0.2) is 4.99 Å². The van der Waals surface area contributed by atoms with Crippen molar-refractivity contribution in [3.05, 3.63) is 54.1 Å². The quantitative estimate of drug-likeness (QED) is 0.333. The number of para-hydroxylation sites is 2. The summed E-state index contributed by atoms with van der Waals surface area (Å²) in [5, 5.41) is 18.9. The normalized spacial score (nSPS) is 16.8. The third kappa shape index (κ3) is 3.81. The van der Waals surface area contributed by atoms with Crippen molar-refractivity contribution in [2.24, 2.45) is 4.99 Å². The summed E-state index contributed by atoms with van der Waals surface area (Å²) in [6, 6.07) is 16.7. The number of amidine groups is 1. The van der Waals surface area contributed by atoms with E-state index in [1.54, 1.807) is 0 Å². The van der Waals surface area contributed by atoms with Gasteiger partial charge in [0.2, 0.25) is 0 Å². The summed E-state index contributed by atoms with van der Waals surface area (Å²) in [7, 11) is 0. The first-order chi connectivity index (χ1) is 11.8. The summed E-state index contributed by atoms with van der Waals surface area (Å²) in [5.74, 6) is 0. The maximum absolute atomic E-state index is 8.70. The highest BCUT2D eigenvalue weighted by molar-refractivity contribution is 8.13. The lowest BCUT2D eigenvalue weighted by molar-refractivity contribution is 0.732. The predicted octanol–water partition coefficient (Wildman–Crippen LogP) is 4.08. The zero-order valence-electron chi connectivity index (χ0n) is 13.4. The third-order valence-corrected chi connectivity index (χ3v) is 4.47. The van der Waals surface area contributed by atoms with Crippen molar-refractivity contribution in [2.75, 3.05) is 23.4 Å². The monoisotopic (exact) mass is 337 g/mol. The Hall–Kier alpha value is -2.65. The molecule has 1 aliphatic rings. The maximum atomic E-state index is 8.70. The van der Waals surface area contributed by atoms with Crippen molar-refractivity contribution in [1.82, 2.24) is 5.32 Å². The van der Waals surface area contributed by atoms with Crippen LogP contribution in [0.4, 0.5) is 17.1 Å². The molecule has 1 aliphatic heterocycles. The van der Waals surface area contributed by atoms with Crippen molar-refractivity contribution in [3.63, 3.8) is 0 Å². The number of nitriles is 1. The largest absolute Gasteiger partial charge is 0.383 e. The standard InChI is InChI=1S/C18H19N5S/c1-24-18(21-12-19)22-14-8-6-13(7-9-14)15-10-11-20-16-4-2-3-5-17(16)23-15/h2-9,15,20,23H,10-11H2,1H3,(H,21,22). The van der Waals surface area contributed by atoms with Gasteiger partial charge in [-0.1, -0.05) is 36.0 Å². The highest BCUT2D eigenvalue weighted by Gasteiger charge is 2.16. The topological polar surface area (TPSA) is 72.2 Å². The van der Waals surface area contributed by atoms with E-state index in [9.17, 15) is 0 Å². The minimum atomic E-state index is 0.261. The van der Waals surface area contributed by atoms with Crippen molar-refractivity contribution in [1.29, 1.82) is 5.26 Å². The molecule has 0 amide bonds. The molecule has 0 fully saturated rings. The van der Waals surface area contributed by atoms with Gasteiger partial charge < -0.3 is 10.6 Å². The van der Waals surface area contributed by atoms with Gasteiger partial charge in [0.15, 0.2) is 11.4 Å². The fraction of sp³-hybridized carbons (Fsp3) is 0.222. The molecule has 0 radical (unpaired) electrons. The molecule has 2 aromatic rings. The fourth-order valence-electron chi connectivity index (χ4n) is 2.70. The van der Waals surface area contributed by atoms with E-state index in [0.717, 1.165) is 30.0 Å². The number of fused-ring (bicyclic) bond motifs is 1. The minimum Gasteiger partial charge on any atom is -0.383 e. The van der Waals surface area contributed by atoms with Crippen molar-refractivity contribution < 1.29 is 0 Å². The average Bonchev–Trinajstić information content (AvgIpc) is 2.84. The van der Waals surface area contributed by atoms with E-state index in [1.165, 1.54) is 17.3 Å². The van der Waals surface area contributed by atoms with Crippen LogP contribution in [0.5, 0.6) is 0 Å². The summed E-state index contributed by atoms with van der Waals surface area (Å²) in [4.78, 5) is 4.42. The van der Waals surface area contributed by atoms with Crippen molar-refractivity contribution in [3.8, 4) is 6.19 Å². The zero-order chi connectivity index (χ0) is 16.8. The number of hydrogen-bond donors (Lipinski definition) is 3. The maximum Gasteiger partial charge on any atom is 0.183 e. The van der Waals surface area contributed by atoms with Gasteiger partial charge in [0.05, 0.1) is 23.1 Å². The molecule has 3 N–H and O–H groups in total. The number of nitrogens with one attached hydrogen (secondary N) is 3. The van der Waals surface area contributed by atoms with E-state index in [-0.39, 0.29) is 6.04 Å². The Morgan fingerprint density at radius 2 is 1.96 bits per heavy atom. The van der Waals surface area contributed by atoms with Crippen LogP contribution >= 0.6 is 11.8 Å². The molecule has 24 heavy (non-hydrogen) atoms. The molecule has 0 bridgehead atoms. The molecule has 2 aromatic carbocycles. The SMILES string of the molecule is CSC(=Nc1ccc(C2CCNc3ccccc3N2)cc1)NC#N. The molecule has 0 saturated heterocycles. The van der Waals surface area contributed by atoms with Gasteiger partial charge in [-0.05, 0) is 42.5 Å². The van der Waals surface area contributed by atoms with Gasteiger partial charge in [0, 0.05) is 6.54 Å². The first-order valence-electron chi connectivity index (χ1n) is 7.77. The summed E-state index contributed by atoms with van der Waals surface area (Å²) in [6.45, 7) is 0.928. The average molecular weight is 337 g/mol. The lowest BCUT2D eigenvalue weighted by Crippen LogP contribution is -2.12. The summed E-state index contributed by atoms with van der Waals surface area (Å²) >= 11 is 1.41. The van der Waals surface area contributed by atoms with Crippen molar-refractivity contribution in [2.45, 2.75) is 12.5 Å².